The first-order valence-electron chi connectivity index (χ1n) is 6.37. The molecule has 1 aromatic rings. The smallest absolute Gasteiger partial charge is 0.287 e. The molecule has 0 spiro atoms. The molecule has 0 bridgehead atoms. The zero-order chi connectivity index (χ0) is 16.9. The molecule has 0 aromatic heterocycles. The Hall–Kier alpha value is -3.43. The van der Waals surface area contributed by atoms with Crippen LogP contribution in [0.5, 0.6) is 0 Å². The van der Waals surface area contributed by atoms with Crippen molar-refractivity contribution in [3.05, 3.63) is 70.9 Å². The molecule has 0 atom stereocenters. The van der Waals surface area contributed by atoms with E-state index in [0.717, 1.165) is 12.1 Å². The lowest BCUT2D eigenvalue weighted by Crippen LogP contribution is -2.15. The second-order valence-electron chi connectivity index (χ2n) is 5.08. The first-order valence-corrected chi connectivity index (χ1v) is 6.37. The lowest BCUT2D eigenvalue weighted by Gasteiger charge is -2.10. The van der Waals surface area contributed by atoms with Crippen LogP contribution in [0.3, 0.4) is 0 Å². The Labute approximate surface area is 127 Å². The highest BCUT2D eigenvalue weighted by atomic mass is 16.6. The number of ketones is 1. The number of carbonyl (C=O) groups excluding carboxylic acids is 1. The van der Waals surface area contributed by atoms with Crippen LogP contribution in [0.15, 0.2) is 29.5 Å². The van der Waals surface area contributed by atoms with Gasteiger partial charge in [-0.15, -0.1) is 0 Å². The third kappa shape index (κ3) is 2.16. The molecule has 2 aliphatic carbocycles. The molecule has 2 aliphatic rings. The second-order valence-corrected chi connectivity index (χ2v) is 5.08. The number of nitro benzene ring substituents is 2. The van der Waals surface area contributed by atoms with Crippen molar-refractivity contribution in [2.75, 3.05) is 0 Å². The molecule has 0 fully saturated rings. The van der Waals surface area contributed by atoms with Crippen LogP contribution in [0, 0.1) is 30.3 Å². The van der Waals surface area contributed by atoms with E-state index in [1.54, 1.807) is 0 Å². The van der Waals surface area contributed by atoms with Gasteiger partial charge in [-0.2, -0.15) is 0 Å². The van der Waals surface area contributed by atoms with Gasteiger partial charge in [-0.05, 0) is 23.1 Å². The van der Waals surface area contributed by atoms with E-state index in [4.69, 9.17) is 0 Å². The van der Waals surface area contributed by atoms with Crippen LogP contribution >= 0.6 is 0 Å². The number of carbonyl (C=O) groups is 1. The fraction of sp³-hybridized carbons (Fsp3) is 0.154. The molecule has 0 radical (unpaired) electrons. The predicted molar refractivity (Wildman–Crippen MR) is 75.1 cm³/mol. The molecule has 0 aliphatic heterocycles. The van der Waals surface area contributed by atoms with Crippen LogP contribution in [0.25, 0.3) is 5.57 Å². The number of Topliss-reactive ketones (excluding diaryl/α,β-unsaturated/α-hetero) is 1. The average Bonchev–Trinajstić information content (AvgIpc) is 2.82. The first-order chi connectivity index (χ1) is 10.8. The summed E-state index contributed by atoms with van der Waals surface area (Å²) in [4.78, 5) is 42.5. The van der Waals surface area contributed by atoms with Crippen molar-refractivity contribution in [1.29, 1.82) is 0 Å². The van der Waals surface area contributed by atoms with Crippen LogP contribution in [0.1, 0.15) is 17.5 Å². The number of nitrogens with zero attached hydrogens (tertiary/aromatic N) is 3. The maximum Gasteiger partial charge on any atom is 0.312 e. The highest BCUT2D eigenvalue weighted by molar-refractivity contribution is 6.06. The van der Waals surface area contributed by atoms with E-state index >= 15 is 0 Å². The summed E-state index contributed by atoms with van der Waals surface area (Å²) in [7, 11) is 0. The van der Waals surface area contributed by atoms with E-state index in [1.807, 2.05) is 0 Å². The topological polar surface area (TPSA) is 146 Å². The largest absolute Gasteiger partial charge is 0.312 e. The Kier molecular flexibility index (Phi) is 3.03. The number of hydrogen-bond donors (Lipinski definition) is 0. The summed E-state index contributed by atoms with van der Waals surface area (Å²) in [6.45, 7) is 0. The Bertz CT molecular complexity index is 882. The van der Waals surface area contributed by atoms with E-state index in [2.05, 4.69) is 0 Å². The number of rotatable bonds is 3. The molecule has 116 valence electrons. The molecule has 1 aromatic carbocycles. The van der Waals surface area contributed by atoms with Crippen molar-refractivity contribution in [3.63, 3.8) is 0 Å². The summed E-state index contributed by atoms with van der Waals surface area (Å²) >= 11 is 0. The van der Waals surface area contributed by atoms with Crippen molar-refractivity contribution in [2.24, 2.45) is 0 Å². The van der Waals surface area contributed by atoms with Gasteiger partial charge in [-0.25, -0.2) is 0 Å². The summed E-state index contributed by atoms with van der Waals surface area (Å²) in [5.41, 5.74) is -0.252. The van der Waals surface area contributed by atoms with Crippen molar-refractivity contribution in [3.8, 4) is 0 Å². The third-order valence-electron chi connectivity index (χ3n) is 3.79. The number of benzene rings is 1. The fourth-order valence-electron chi connectivity index (χ4n) is 2.87. The van der Waals surface area contributed by atoms with Crippen LogP contribution in [0.2, 0.25) is 0 Å². The quantitative estimate of drug-likeness (QED) is 0.611. The minimum absolute atomic E-state index is 0.0812. The molecule has 0 amide bonds. The van der Waals surface area contributed by atoms with Crippen LogP contribution in [0.4, 0.5) is 11.4 Å². The van der Waals surface area contributed by atoms with Gasteiger partial charge in [0, 0.05) is 18.6 Å². The van der Waals surface area contributed by atoms with Gasteiger partial charge in [0.05, 0.1) is 26.4 Å². The van der Waals surface area contributed by atoms with Gasteiger partial charge in [0.2, 0.25) is 5.78 Å². The normalized spacial score (nSPS) is 15.8. The molecule has 10 nitrogen and oxygen atoms in total. The zero-order valence-corrected chi connectivity index (χ0v) is 11.3. The van der Waals surface area contributed by atoms with Gasteiger partial charge in [-0.3, -0.25) is 35.1 Å². The third-order valence-corrected chi connectivity index (χ3v) is 3.79. The Balaban J connectivity index is 2.21. The summed E-state index contributed by atoms with van der Waals surface area (Å²) in [6, 6.07) is 2.04. The molecule has 0 saturated heterocycles. The Morgan fingerprint density at radius 1 is 0.913 bits per heavy atom. The van der Waals surface area contributed by atoms with E-state index in [-0.39, 0.29) is 18.4 Å². The van der Waals surface area contributed by atoms with Gasteiger partial charge in [0.25, 0.3) is 11.4 Å². The maximum absolute atomic E-state index is 11.8. The van der Waals surface area contributed by atoms with Gasteiger partial charge < -0.3 is 0 Å². The van der Waals surface area contributed by atoms with Crippen LogP contribution < -0.4 is 0 Å². The SMILES string of the molecule is O=C1CC2=C(C=C1[N+](=O)[O-])Cc1cc([N+](=O)[O-])cc([N+](=O)[O-])c12. The van der Waals surface area contributed by atoms with Gasteiger partial charge in [-0.1, -0.05) is 0 Å². The minimum atomic E-state index is -0.800. The van der Waals surface area contributed by atoms with Crippen molar-refractivity contribution in [1.82, 2.24) is 0 Å². The number of allylic oxidation sites excluding steroid dienone is 4. The Morgan fingerprint density at radius 2 is 1.61 bits per heavy atom. The molecule has 0 unspecified atom stereocenters. The van der Waals surface area contributed by atoms with Crippen LogP contribution in [-0.2, 0) is 11.2 Å². The summed E-state index contributed by atoms with van der Waals surface area (Å²) in [6.07, 6.45) is 0.850. The minimum Gasteiger partial charge on any atom is -0.287 e. The number of non-ortho nitro benzene ring substituents is 1. The van der Waals surface area contributed by atoms with Crippen molar-refractivity contribution < 1.29 is 19.6 Å². The highest BCUT2D eigenvalue weighted by Gasteiger charge is 2.38. The summed E-state index contributed by atoms with van der Waals surface area (Å²) in [5, 5.41) is 33.0. The molecule has 23 heavy (non-hydrogen) atoms. The molecular weight excluding hydrogens is 310 g/mol. The van der Waals surface area contributed by atoms with Gasteiger partial charge in [0.15, 0.2) is 0 Å². The Morgan fingerprint density at radius 3 is 2.17 bits per heavy atom. The number of hydrogen-bond acceptors (Lipinski definition) is 7. The lowest BCUT2D eigenvalue weighted by atomic mass is 9.93. The van der Waals surface area contributed by atoms with E-state index in [9.17, 15) is 35.1 Å². The summed E-state index contributed by atoms with van der Waals surface area (Å²) < 4.78 is 0. The van der Waals surface area contributed by atoms with E-state index in [1.165, 1.54) is 6.07 Å². The van der Waals surface area contributed by atoms with E-state index < -0.39 is 37.6 Å². The van der Waals surface area contributed by atoms with Crippen molar-refractivity contribution >= 4 is 22.7 Å². The van der Waals surface area contributed by atoms with Gasteiger partial charge in [0.1, 0.15) is 0 Å². The molecule has 0 saturated carbocycles. The molecular formula is C13H7N3O7. The molecule has 10 heteroatoms. The second kappa shape index (κ2) is 4.80. The monoisotopic (exact) mass is 317 g/mol. The number of fused-ring (bicyclic) bond motifs is 2. The van der Waals surface area contributed by atoms with E-state index in [0.29, 0.717) is 16.7 Å². The maximum atomic E-state index is 11.8. The highest BCUT2D eigenvalue weighted by Crippen LogP contribution is 2.45. The standard InChI is InChI=1S/C13H7N3O7/c17-12-5-9-6(3-10(12)15(20)21)1-7-2-8(14(18)19)4-11(13(7)9)16(22)23/h2-4H,1,5H2. The fourth-order valence-corrected chi connectivity index (χ4v) is 2.87. The van der Waals surface area contributed by atoms with Crippen molar-refractivity contribution in [2.45, 2.75) is 12.8 Å². The molecule has 3 rings (SSSR count). The molecule has 0 N–H and O–H groups in total. The average molecular weight is 317 g/mol. The number of nitro groups is 3. The summed E-state index contributed by atoms with van der Waals surface area (Å²) in [5.74, 6) is -0.741. The lowest BCUT2D eigenvalue weighted by molar-refractivity contribution is -0.418. The zero-order valence-electron chi connectivity index (χ0n) is 11.3. The van der Waals surface area contributed by atoms with Crippen LogP contribution in [-0.4, -0.2) is 20.6 Å². The van der Waals surface area contributed by atoms with Gasteiger partial charge >= 0.3 is 5.70 Å². The first kappa shape index (κ1) is 14.5. The predicted octanol–water partition coefficient (Wildman–Crippen LogP) is 1.95. The molecule has 0 heterocycles.